The first-order valence-electron chi connectivity index (χ1n) is 3.96. The van der Waals surface area contributed by atoms with Crippen LogP contribution in [-0.4, -0.2) is 9.97 Å². The Hall–Kier alpha value is -0.800. The molecule has 0 spiro atoms. The van der Waals surface area contributed by atoms with Crippen LogP contribution in [0, 0.1) is 6.92 Å². The second-order valence-corrected chi connectivity index (χ2v) is 4.30. The van der Waals surface area contributed by atoms with Gasteiger partial charge < -0.3 is 4.98 Å². The largest absolute Gasteiger partial charge is 0.367 e. The van der Waals surface area contributed by atoms with Crippen molar-refractivity contribution < 1.29 is 0 Å². The number of thiazole rings is 1. The highest BCUT2D eigenvalue weighted by Gasteiger charge is 2.08. The summed E-state index contributed by atoms with van der Waals surface area (Å²) in [6.45, 7) is 2.07. The van der Waals surface area contributed by atoms with E-state index in [1.807, 2.05) is 18.5 Å². The van der Waals surface area contributed by atoms with Crippen LogP contribution >= 0.6 is 22.9 Å². The van der Waals surface area contributed by atoms with Gasteiger partial charge in [0, 0.05) is 22.8 Å². The first-order valence-corrected chi connectivity index (χ1v) is 5.32. The van der Waals surface area contributed by atoms with Gasteiger partial charge in [0.1, 0.15) is 5.01 Å². The average molecular weight is 213 g/mol. The van der Waals surface area contributed by atoms with Crippen molar-refractivity contribution in [3.63, 3.8) is 0 Å². The zero-order chi connectivity index (χ0) is 9.26. The van der Waals surface area contributed by atoms with Crippen molar-refractivity contribution in [1.82, 2.24) is 9.97 Å². The summed E-state index contributed by atoms with van der Waals surface area (Å²) in [5, 5.41) is 0.982. The van der Waals surface area contributed by atoms with Crippen LogP contribution in [0.1, 0.15) is 9.88 Å². The van der Waals surface area contributed by atoms with Gasteiger partial charge in [-0.05, 0) is 13.0 Å². The SMILES string of the molecule is Cc1sc(CCl)nc1-c1cc[nH]c1. The van der Waals surface area contributed by atoms with Gasteiger partial charge in [-0.2, -0.15) is 0 Å². The molecule has 0 radical (unpaired) electrons. The third-order valence-corrected chi connectivity index (χ3v) is 3.21. The van der Waals surface area contributed by atoms with Gasteiger partial charge in [-0.25, -0.2) is 4.98 Å². The molecule has 0 aliphatic rings. The molecule has 2 aromatic rings. The van der Waals surface area contributed by atoms with Gasteiger partial charge in [-0.3, -0.25) is 0 Å². The molecule has 4 heteroatoms. The number of H-pyrrole nitrogens is 1. The smallest absolute Gasteiger partial charge is 0.108 e. The predicted molar refractivity (Wildman–Crippen MR) is 56.2 cm³/mol. The summed E-state index contributed by atoms with van der Waals surface area (Å²) in [7, 11) is 0. The molecule has 0 saturated carbocycles. The Kier molecular flexibility index (Phi) is 2.38. The number of alkyl halides is 1. The zero-order valence-electron chi connectivity index (χ0n) is 7.17. The minimum Gasteiger partial charge on any atom is -0.367 e. The summed E-state index contributed by atoms with van der Waals surface area (Å²) in [5.74, 6) is 0.496. The Morgan fingerprint density at radius 2 is 2.46 bits per heavy atom. The lowest BCUT2D eigenvalue weighted by Crippen LogP contribution is -1.78. The average Bonchev–Trinajstić information content (AvgIpc) is 2.72. The second-order valence-electron chi connectivity index (χ2n) is 2.75. The van der Waals surface area contributed by atoms with E-state index in [9.17, 15) is 0 Å². The van der Waals surface area contributed by atoms with E-state index < -0.39 is 0 Å². The topological polar surface area (TPSA) is 28.7 Å². The highest BCUT2D eigenvalue weighted by atomic mass is 35.5. The normalized spacial score (nSPS) is 10.6. The molecule has 0 unspecified atom stereocenters. The number of hydrogen-bond acceptors (Lipinski definition) is 2. The third-order valence-electron chi connectivity index (χ3n) is 1.83. The fraction of sp³-hybridized carbons (Fsp3) is 0.222. The molecule has 13 heavy (non-hydrogen) atoms. The number of hydrogen-bond donors (Lipinski definition) is 1. The van der Waals surface area contributed by atoms with E-state index in [-0.39, 0.29) is 0 Å². The van der Waals surface area contributed by atoms with Crippen molar-refractivity contribution >= 4 is 22.9 Å². The molecule has 0 aliphatic carbocycles. The van der Waals surface area contributed by atoms with Gasteiger partial charge in [-0.15, -0.1) is 22.9 Å². The summed E-state index contributed by atoms with van der Waals surface area (Å²) in [6, 6.07) is 2.01. The maximum atomic E-state index is 5.71. The molecule has 0 aromatic carbocycles. The lowest BCUT2D eigenvalue weighted by molar-refractivity contribution is 1.25. The van der Waals surface area contributed by atoms with Crippen molar-refractivity contribution in [1.29, 1.82) is 0 Å². The van der Waals surface area contributed by atoms with E-state index in [4.69, 9.17) is 11.6 Å². The Morgan fingerprint density at radius 1 is 1.62 bits per heavy atom. The first kappa shape index (κ1) is 8.78. The quantitative estimate of drug-likeness (QED) is 0.762. The van der Waals surface area contributed by atoms with Crippen molar-refractivity contribution in [2.24, 2.45) is 0 Å². The predicted octanol–water partition coefficient (Wildman–Crippen LogP) is 3.19. The maximum absolute atomic E-state index is 5.71. The Labute approximate surface area is 85.6 Å². The summed E-state index contributed by atoms with van der Waals surface area (Å²) < 4.78 is 0. The molecular formula is C9H9ClN2S. The number of nitrogens with zero attached hydrogens (tertiary/aromatic N) is 1. The lowest BCUT2D eigenvalue weighted by atomic mass is 10.2. The number of rotatable bonds is 2. The van der Waals surface area contributed by atoms with Crippen molar-refractivity contribution in [2.75, 3.05) is 0 Å². The molecule has 0 saturated heterocycles. The Bertz CT molecular complexity index is 392. The maximum Gasteiger partial charge on any atom is 0.108 e. The number of nitrogens with one attached hydrogen (secondary N) is 1. The first-order chi connectivity index (χ1) is 6.31. The van der Waals surface area contributed by atoms with Crippen LogP contribution in [0.5, 0.6) is 0 Å². The van der Waals surface area contributed by atoms with Crippen LogP contribution in [0.3, 0.4) is 0 Å². The number of aromatic amines is 1. The Balaban J connectivity index is 2.46. The van der Waals surface area contributed by atoms with Crippen LogP contribution in [0.4, 0.5) is 0 Å². The van der Waals surface area contributed by atoms with E-state index in [0.717, 1.165) is 16.3 Å². The van der Waals surface area contributed by atoms with Crippen LogP contribution in [0.15, 0.2) is 18.5 Å². The van der Waals surface area contributed by atoms with Gasteiger partial charge in [0.25, 0.3) is 0 Å². The highest BCUT2D eigenvalue weighted by Crippen LogP contribution is 2.27. The van der Waals surface area contributed by atoms with Gasteiger partial charge >= 0.3 is 0 Å². The molecule has 0 fully saturated rings. The van der Waals surface area contributed by atoms with Crippen LogP contribution < -0.4 is 0 Å². The van der Waals surface area contributed by atoms with Crippen LogP contribution in [0.25, 0.3) is 11.3 Å². The van der Waals surface area contributed by atoms with E-state index in [2.05, 4.69) is 16.9 Å². The molecule has 2 rings (SSSR count). The fourth-order valence-electron chi connectivity index (χ4n) is 1.25. The van der Waals surface area contributed by atoms with E-state index in [1.165, 1.54) is 4.88 Å². The van der Waals surface area contributed by atoms with E-state index in [1.54, 1.807) is 11.3 Å². The summed E-state index contributed by atoms with van der Waals surface area (Å²) in [5.41, 5.74) is 2.17. The number of halogens is 1. The van der Waals surface area contributed by atoms with Gasteiger partial charge in [0.15, 0.2) is 0 Å². The molecule has 0 atom stereocenters. The van der Waals surface area contributed by atoms with Crippen LogP contribution in [-0.2, 0) is 5.88 Å². The van der Waals surface area contributed by atoms with Gasteiger partial charge in [-0.1, -0.05) is 0 Å². The molecular weight excluding hydrogens is 204 g/mol. The molecule has 0 aliphatic heterocycles. The molecule has 0 bridgehead atoms. The molecule has 68 valence electrons. The summed E-state index contributed by atoms with van der Waals surface area (Å²) in [6.07, 6.45) is 3.84. The third kappa shape index (κ3) is 1.62. The monoisotopic (exact) mass is 212 g/mol. The van der Waals surface area contributed by atoms with Gasteiger partial charge in [0.05, 0.1) is 11.6 Å². The Morgan fingerprint density at radius 3 is 3.00 bits per heavy atom. The highest BCUT2D eigenvalue weighted by molar-refractivity contribution is 7.12. The summed E-state index contributed by atoms with van der Waals surface area (Å²) >= 11 is 7.37. The standard InChI is InChI=1S/C9H9ClN2S/c1-6-9(7-2-3-11-5-7)12-8(4-10)13-6/h2-3,5,11H,4H2,1H3. The minimum atomic E-state index is 0.496. The van der Waals surface area contributed by atoms with Crippen molar-refractivity contribution in [3.05, 3.63) is 28.3 Å². The second kappa shape index (κ2) is 3.52. The molecule has 2 nitrogen and oxygen atoms in total. The summed E-state index contributed by atoms with van der Waals surface area (Å²) in [4.78, 5) is 8.67. The molecule has 2 aromatic heterocycles. The number of aryl methyl sites for hydroxylation is 1. The molecule has 0 amide bonds. The zero-order valence-corrected chi connectivity index (χ0v) is 8.75. The molecule has 2 heterocycles. The van der Waals surface area contributed by atoms with E-state index in [0.29, 0.717) is 5.88 Å². The minimum absolute atomic E-state index is 0.496. The number of aromatic nitrogens is 2. The van der Waals surface area contributed by atoms with Crippen LogP contribution in [0.2, 0.25) is 0 Å². The van der Waals surface area contributed by atoms with Crippen molar-refractivity contribution in [2.45, 2.75) is 12.8 Å². The fourth-order valence-corrected chi connectivity index (χ4v) is 2.28. The van der Waals surface area contributed by atoms with Crippen molar-refractivity contribution in [3.8, 4) is 11.3 Å². The van der Waals surface area contributed by atoms with Gasteiger partial charge in [0.2, 0.25) is 0 Å². The molecule has 1 N–H and O–H groups in total. The van der Waals surface area contributed by atoms with E-state index >= 15 is 0 Å². The lowest BCUT2D eigenvalue weighted by Gasteiger charge is -1.90.